The van der Waals surface area contributed by atoms with Crippen molar-refractivity contribution in [2.24, 2.45) is 0 Å². The monoisotopic (exact) mass is 378 g/mol. The van der Waals surface area contributed by atoms with Gasteiger partial charge in [-0.15, -0.1) is 11.8 Å². The van der Waals surface area contributed by atoms with E-state index in [1.807, 2.05) is 49.3 Å². The maximum Gasteiger partial charge on any atom is 0.245 e. The third-order valence-corrected chi connectivity index (χ3v) is 5.85. The number of nitrogens with zero attached hydrogens (tertiary/aromatic N) is 3. The molecule has 1 N–H and O–H groups in total. The summed E-state index contributed by atoms with van der Waals surface area (Å²) in [7, 11) is 3.93. The number of nitriles is 1. The van der Waals surface area contributed by atoms with Crippen LogP contribution in [0.5, 0.6) is 0 Å². The first-order chi connectivity index (χ1) is 13.1. The smallest absolute Gasteiger partial charge is 0.245 e. The van der Waals surface area contributed by atoms with Gasteiger partial charge < -0.3 is 10.2 Å². The summed E-state index contributed by atoms with van der Waals surface area (Å²) in [5.41, 5.74) is 1.76. The standard InChI is InChI=1S/C21H22N4OS/c1-4-12-27-19-18(13-22)21(20(26)24-19,16-6-5-11-23-14-16)15-7-9-17(10-8-15)25(2)3/h5-11,14H,4,12H2,1-3H3,(H,24,26). The minimum Gasteiger partial charge on any atom is -0.378 e. The minimum absolute atomic E-state index is 0.205. The van der Waals surface area contributed by atoms with Crippen LogP contribution in [0.1, 0.15) is 24.5 Å². The van der Waals surface area contributed by atoms with Crippen molar-refractivity contribution in [1.29, 1.82) is 5.26 Å². The number of thioether (sulfide) groups is 1. The molecule has 3 rings (SSSR count). The SMILES string of the molecule is CCCSC1=C(C#N)C(c2ccc(N(C)C)cc2)(c2cccnc2)C(=O)N1. The molecule has 1 amide bonds. The molecule has 1 unspecified atom stereocenters. The molecule has 5 nitrogen and oxygen atoms in total. The van der Waals surface area contributed by atoms with E-state index < -0.39 is 5.41 Å². The van der Waals surface area contributed by atoms with Crippen LogP contribution in [0.2, 0.25) is 0 Å². The van der Waals surface area contributed by atoms with Crippen molar-refractivity contribution >= 4 is 23.4 Å². The van der Waals surface area contributed by atoms with Crippen molar-refractivity contribution in [2.75, 3.05) is 24.7 Å². The average Bonchev–Trinajstić information content (AvgIpc) is 2.99. The van der Waals surface area contributed by atoms with E-state index in [-0.39, 0.29) is 5.91 Å². The summed E-state index contributed by atoms with van der Waals surface area (Å²) in [6.07, 6.45) is 4.30. The summed E-state index contributed by atoms with van der Waals surface area (Å²) in [6, 6.07) is 13.7. The number of hydrogen-bond acceptors (Lipinski definition) is 5. The third kappa shape index (κ3) is 3.19. The molecule has 0 aliphatic carbocycles. The van der Waals surface area contributed by atoms with Gasteiger partial charge in [-0.3, -0.25) is 9.78 Å². The van der Waals surface area contributed by atoms with Gasteiger partial charge in [0.15, 0.2) is 0 Å². The molecular formula is C21H22N4OS. The van der Waals surface area contributed by atoms with E-state index in [0.29, 0.717) is 16.2 Å². The number of rotatable bonds is 6. The zero-order valence-corrected chi connectivity index (χ0v) is 16.5. The van der Waals surface area contributed by atoms with Gasteiger partial charge in [0.1, 0.15) is 5.41 Å². The minimum atomic E-state index is -1.18. The average molecular weight is 379 g/mol. The van der Waals surface area contributed by atoms with Gasteiger partial charge in [0, 0.05) is 32.2 Å². The summed E-state index contributed by atoms with van der Waals surface area (Å²) >= 11 is 1.52. The van der Waals surface area contributed by atoms with Crippen LogP contribution in [-0.2, 0) is 10.2 Å². The van der Waals surface area contributed by atoms with Gasteiger partial charge in [0.05, 0.1) is 16.7 Å². The van der Waals surface area contributed by atoms with Crippen LogP contribution in [0, 0.1) is 11.3 Å². The lowest BCUT2D eigenvalue weighted by molar-refractivity contribution is -0.122. The number of carbonyl (C=O) groups excluding carboxylic acids is 1. The Hall–Kier alpha value is -2.78. The van der Waals surface area contributed by atoms with Crippen molar-refractivity contribution in [3.8, 4) is 6.07 Å². The fraction of sp³-hybridized carbons (Fsp3) is 0.286. The van der Waals surface area contributed by atoms with Crippen molar-refractivity contribution in [2.45, 2.75) is 18.8 Å². The highest BCUT2D eigenvalue weighted by Gasteiger charge is 2.52. The van der Waals surface area contributed by atoms with E-state index >= 15 is 0 Å². The van der Waals surface area contributed by atoms with Gasteiger partial charge in [-0.1, -0.05) is 25.1 Å². The molecule has 138 valence electrons. The van der Waals surface area contributed by atoms with Crippen molar-refractivity contribution in [3.63, 3.8) is 0 Å². The molecule has 0 fully saturated rings. The number of aromatic nitrogens is 1. The Morgan fingerprint density at radius 2 is 1.96 bits per heavy atom. The van der Waals surface area contributed by atoms with Gasteiger partial charge in [0.2, 0.25) is 5.91 Å². The molecule has 0 spiro atoms. The normalized spacial score (nSPS) is 19.0. The molecule has 2 heterocycles. The Bertz CT molecular complexity index is 900. The van der Waals surface area contributed by atoms with Crippen LogP contribution in [0.3, 0.4) is 0 Å². The lowest BCUT2D eigenvalue weighted by Gasteiger charge is -2.28. The van der Waals surface area contributed by atoms with Crippen LogP contribution in [0.4, 0.5) is 5.69 Å². The summed E-state index contributed by atoms with van der Waals surface area (Å²) in [5, 5.41) is 13.6. The molecule has 1 aromatic carbocycles. The van der Waals surface area contributed by atoms with E-state index in [0.717, 1.165) is 23.4 Å². The van der Waals surface area contributed by atoms with Gasteiger partial charge in [-0.2, -0.15) is 5.26 Å². The Kier molecular flexibility index (Phi) is 5.52. The molecule has 0 saturated carbocycles. The molecule has 1 atom stereocenters. The van der Waals surface area contributed by atoms with E-state index in [1.165, 1.54) is 11.8 Å². The molecule has 1 aliphatic rings. The summed E-state index contributed by atoms with van der Waals surface area (Å²) in [6.45, 7) is 2.07. The van der Waals surface area contributed by atoms with Crippen LogP contribution in [0.25, 0.3) is 0 Å². The third-order valence-electron chi connectivity index (χ3n) is 4.64. The molecule has 6 heteroatoms. The molecular weight excluding hydrogens is 356 g/mol. The molecule has 27 heavy (non-hydrogen) atoms. The van der Waals surface area contributed by atoms with Crippen molar-refractivity contribution < 1.29 is 4.79 Å². The number of anilines is 1. The van der Waals surface area contributed by atoms with Gasteiger partial charge >= 0.3 is 0 Å². The first-order valence-electron chi connectivity index (χ1n) is 8.83. The number of pyridine rings is 1. The molecule has 1 aromatic heterocycles. The molecule has 0 radical (unpaired) electrons. The molecule has 0 bridgehead atoms. The van der Waals surface area contributed by atoms with Gasteiger partial charge in [0.25, 0.3) is 0 Å². The fourth-order valence-corrected chi connectivity index (χ4v) is 4.22. The van der Waals surface area contributed by atoms with E-state index in [4.69, 9.17) is 0 Å². The summed E-state index contributed by atoms with van der Waals surface area (Å²) < 4.78 is 0. The number of nitrogens with one attached hydrogen (secondary N) is 1. The van der Waals surface area contributed by atoms with E-state index in [1.54, 1.807) is 18.5 Å². The Balaban J connectivity index is 2.24. The van der Waals surface area contributed by atoms with Crippen LogP contribution < -0.4 is 10.2 Å². The second-order valence-electron chi connectivity index (χ2n) is 6.55. The van der Waals surface area contributed by atoms with E-state index in [9.17, 15) is 10.1 Å². The largest absolute Gasteiger partial charge is 0.378 e. The second kappa shape index (κ2) is 7.85. The van der Waals surface area contributed by atoms with Crippen LogP contribution in [-0.4, -0.2) is 30.7 Å². The predicted octanol–water partition coefficient (Wildman–Crippen LogP) is 3.44. The first kappa shape index (κ1) is 19.0. The summed E-state index contributed by atoms with van der Waals surface area (Å²) in [4.78, 5) is 19.5. The van der Waals surface area contributed by atoms with Gasteiger partial charge in [-0.25, -0.2) is 0 Å². The van der Waals surface area contributed by atoms with Gasteiger partial charge in [-0.05, 0) is 41.5 Å². The van der Waals surface area contributed by atoms with Crippen molar-refractivity contribution in [3.05, 3.63) is 70.5 Å². The fourth-order valence-electron chi connectivity index (χ4n) is 3.30. The molecule has 1 aliphatic heterocycles. The maximum atomic E-state index is 13.3. The quantitative estimate of drug-likeness (QED) is 0.834. The number of amides is 1. The lowest BCUT2D eigenvalue weighted by Crippen LogP contribution is -2.39. The van der Waals surface area contributed by atoms with E-state index in [2.05, 4.69) is 23.3 Å². The Morgan fingerprint density at radius 1 is 1.22 bits per heavy atom. The first-order valence-corrected chi connectivity index (χ1v) is 9.81. The second-order valence-corrected chi connectivity index (χ2v) is 7.66. The molecule has 2 aromatic rings. The summed E-state index contributed by atoms with van der Waals surface area (Å²) in [5.74, 6) is 0.631. The highest BCUT2D eigenvalue weighted by molar-refractivity contribution is 8.03. The topological polar surface area (TPSA) is 69.0 Å². The van der Waals surface area contributed by atoms with Crippen LogP contribution in [0.15, 0.2) is 59.4 Å². The Labute approximate surface area is 164 Å². The Morgan fingerprint density at radius 3 is 2.52 bits per heavy atom. The zero-order chi connectivity index (χ0) is 19.4. The van der Waals surface area contributed by atoms with Crippen molar-refractivity contribution in [1.82, 2.24) is 10.3 Å². The van der Waals surface area contributed by atoms with Crippen LogP contribution >= 0.6 is 11.8 Å². The lowest BCUT2D eigenvalue weighted by atomic mass is 9.70. The molecule has 0 saturated heterocycles. The zero-order valence-electron chi connectivity index (χ0n) is 15.7. The highest BCUT2D eigenvalue weighted by atomic mass is 32.2. The predicted molar refractivity (Wildman–Crippen MR) is 109 cm³/mol. The number of hydrogen-bond donors (Lipinski definition) is 1. The maximum absolute atomic E-state index is 13.3. The number of carbonyl (C=O) groups is 1. The number of benzene rings is 1. The highest BCUT2D eigenvalue weighted by Crippen LogP contribution is 2.46.